The van der Waals surface area contributed by atoms with Crippen LogP contribution in [0.1, 0.15) is 15.2 Å². The Kier molecular flexibility index (Phi) is 4.80. The highest BCUT2D eigenvalue weighted by atomic mass is 35.5. The summed E-state index contributed by atoms with van der Waals surface area (Å²) in [6.07, 6.45) is 0.658. The van der Waals surface area contributed by atoms with Gasteiger partial charge in [-0.3, -0.25) is 4.79 Å². The number of carbonyl (C=O) groups is 1. The molecule has 1 amide bonds. The molecule has 0 atom stereocenters. The molecule has 0 spiro atoms. The number of benzene rings is 1. The second kappa shape index (κ2) is 6.37. The van der Waals surface area contributed by atoms with E-state index in [2.05, 4.69) is 5.32 Å². The Morgan fingerprint density at radius 1 is 1.26 bits per heavy atom. The van der Waals surface area contributed by atoms with Crippen LogP contribution in [0.2, 0.25) is 9.36 Å². The third kappa shape index (κ3) is 3.93. The lowest BCUT2D eigenvalue weighted by Gasteiger charge is -2.05. The van der Waals surface area contributed by atoms with Crippen molar-refractivity contribution in [1.29, 1.82) is 0 Å². The Bertz CT molecular complexity index is 600. The van der Waals surface area contributed by atoms with Crippen molar-refractivity contribution in [3.63, 3.8) is 0 Å². The summed E-state index contributed by atoms with van der Waals surface area (Å²) in [4.78, 5) is 12.8. The molecule has 1 heterocycles. The first-order valence-corrected chi connectivity index (χ1v) is 7.11. The summed E-state index contributed by atoms with van der Waals surface area (Å²) >= 11 is 13.0. The predicted octanol–water partition coefficient (Wildman–Crippen LogP) is 4.17. The fourth-order valence-electron chi connectivity index (χ4n) is 1.55. The molecule has 0 aliphatic carbocycles. The zero-order chi connectivity index (χ0) is 13.8. The van der Waals surface area contributed by atoms with Gasteiger partial charge in [-0.2, -0.15) is 0 Å². The normalized spacial score (nSPS) is 10.5. The van der Waals surface area contributed by atoms with Gasteiger partial charge in [0.15, 0.2) is 0 Å². The van der Waals surface area contributed by atoms with Gasteiger partial charge in [-0.25, -0.2) is 4.39 Å². The summed E-state index contributed by atoms with van der Waals surface area (Å²) in [5.74, 6) is -1.05. The number of hydrogen-bond donors (Lipinski definition) is 1. The summed E-state index contributed by atoms with van der Waals surface area (Å²) in [5.41, 5.74) is -0.0447. The highest BCUT2D eigenvalue weighted by Crippen LogP contribution is 2.21. The van der Waals surface area contributed by atoms with E-state index in [4.69, 9.17) is 23.2 Å². The SMILES string of the molecule is O=C(NCCc1ccc(Cl)s1)c1cc(Cl)ccc1F. The van der Waals surface area contributed by atoms with Crippen molar-refractivity contribution in [3.8, 4) is 0 Å². The molecule has 0 bridgehead atoms. The molecule has 19 heavy (non-hydrogen) atoms. The molecular formula is C13H10Cl2FNOS. The van der Waals surface area contributed by atoms with Crippen LogP contribution in [0.3, 0.4) is 0 Å². The Hall–Kier alpha value is -1.10. The van der Waals surface area contributed by atoms with Gasteiger partial charge < -0.3 is 5.32 Å². The minimum atomic E-state index is -0.582. The van der Waals surface area contributed by atoms with Gasteiger partial charge in [0.2, 0.25) is 0 Å². The van der Waals surface area contributed by atoms with Crippen molar-refractivity contribution in [1.82, 2.24) is 5.32 Å². The molecule has 2 rings (SSSR count). The Morgan fingerprint density at radius 2 is 2.05 bits per heavy atom. The van der Waals surface area contributed by atoms with Crippen LogP contribution in [0, 0.1) is 5.82 Å². The molecule has 1 N–H and O–H groups in total. The minimum Gasteiger partial charge on any atom is -0.352 e. The lowest BCUT2D eigenvalue weighted by atomic mass is 10.2. The highest BCUT2D eigenvalue weighted by molar-refractivity contribution is 7.16. The van der Waals surface area contributed by atoms with E-state index in [9.17, 15) is 9.18 Å². The van der Waals surface area contributed by atoms with Gasteiger partial charge in [0, 0.05) is 16.4 Å². The number of amides is 1. The predicted molar refractivity (Wildman–Crippen MR) is 76.8 cm³/mol. The van der Waals surface area contributed by atoms with Gasteiger partial charge >= 0.3 is 0 Å². The number of halogens is 3. The van der Waals surface area contributed by atoms with E-state index in [0.29, 0.717) is 22.3 Å². The van der Waals surface area contributed by atoms with Crippen LogP contribution >= 0.6 is 34.5 Å². The van der Waals surface area contributed by atoms with Crippen molar-refractivity contribution in [2.24, 2.45) is 0 Å². The standard InChI is InChI=1S/C13H10Cl2FNOS/c14-8-1-3-11(16)10(7-8)13(18)17-6-5-9-2-4-12(15)19-9/h1-4,7H,5-6H2,(H,17,18). The molecule has 2 aromatic rings. The van der Waals surface area contributed by atoms with E-state index in [1.165, 1.54) is 29.5 Å². The van der Waals surface area contributed by atoms with E-state index < -0.39 is 11.7 Å². The summed E-state index contributed by atoms with van der Waals surface area (Å²) in [7, 11) is 0. The minimum absolute atomic E-state index is 0.0447. The first-order valence-electron chi connectivity index (χ1n) is 5.54. The topological polar surface area (TPSA) is 29.1 Å². The largest absolute Gasteiger partial charge is 0.352 e. The van der Waals surface area contributed by atoms with Crippen LogP contribution < -0.4 is 5.32 Å². The smallest absolute Gasteiger partial charge is 0.254 e. The molecule has 100 valence electrons. The molecule has 0 aliphatic heterocycles. The molecule has 0 unspecified atom stereocenters. The van der Waals surface area contributed by atoms with Crippen LogP contribution in [0.4, 0.5) is 4.39 Å². The molecule has 6 heteroatoms. The van der Waals surface area contributed by atoms with Gasteiger partial charge in [0.1, 0.15) is 5.82 Å². The second-order valence-corrected chi connectivity index (χ2v) is 6.07. The van der Waals surface area contributed by atoms with Gasteiger partial charge in [0.05, 0.1) is 9.90 Å². The number of hydrogen-bond acceptors (Lipinski definition) is 2. The summed E-state index contributed by atoms with van der Waals surface area (Å²) in [6, 6.07) is 7.60. The van der Waals surface area contributed by atoms with Gasteiger partial charge in [0.25, 0.3) is 5.91 Å². The van der Waals surface area contributed by atoms with Crippen LogP contribution in [0.25, 0.3) is 0 Å². The molecule has 1 aromatic carbocycles. The summed E-state index contributed by atoms with van der Waals surface area (Å²) in [5, 5.41) is 2.98. The van der Waals surface area contributed by atoms with E-state index in [1.54, 1.807) is 6.07 Å². The van der Waals surface area contributed by atoms with Gasteiger partial charge in [-0.05, 0) is 36.8 Å². The Balaban J connectivity index is 1.92. The number of carbonyl (C=O) groups excluding carboxylic acids is 1. The number of nitrogens with one attached hydrogen (secondary N) is 1. The molecule has 0 fully saturated rings. The van der Waals surface area contributed by atoms with Crippen LogP contribution in [-0.2, 0) is 6.42 Å². The fraction of sp³-hybridized carbons (Fsp3) is 0.154. The van der Waals surface area contributed by atoms with Crippen molar-refractivity contribution in [2.75, 3.05) is 6.54 Å². The second-order valence-electron chi connectivity index (χ2n) is 3.84. The molecule has 2 nitrogen and oxygen atoms in total. The van der Waals surface area contributed by atoms with E-state index in [0.717, 1.165) is 4.88 Å². The molecule has 1 aromatic heterocycles. The van der Waals surface area contributed by atoms with E-state index >= 15 is 0 Å². The lowest BCUT2D eigenvalue weighted by Crippen LogP contribution is -2.26. The first kappa shape index (κ1) is 14.3. The monoisotopic (exact) mass is 317 g/mol. The van der Waals surface area contributed by atoms with Crippen LogP contribution in [0.5, 0.6) is 0 Å². The lowest BCUT2D eigenvalue weighted by molar-refractivity contribution is 0.0950. The summed E-state index contributed by atoms with van der Waals surface area (Å²) < 4.78 is 14.1. The van der Waals surface area contributed by atoms with Crippen molar-refractivity contribution in [3.05, 3.63) is 55.9 Å². The maximum atomic E-state index is 13.4. The van der Waals surface area contributed by atoms with Crippen molar-refractivity contribution in [2.45, 2.75) is 6.42 Å². The average Bonchev–Trinajstić information content (AvgIpc) is 2.78. The molecular weight excluding hydrogens is 308 g/mol. The quantitative estimate of drug-likeness (QED) is 0.901. The van der Waals surface area contributed by atoms with Gasteiger partial charge in [-0.1, -0.05) is 23.2 Å². The Labute approximate surface area is 124 Å². The van der Waals surface area contributed by atoms with Crippen molar-refractivity contribution < 1.29 is 9.18 Å². The maximum absolute atomic E-state index is 13.4. The van der Waals surface area contributed by atoms with Gasteiger partial charge in [-0.15, -0.1) is 11.3 Å². The molecule has 0 aliphatic rings. The van der Waals surface area contributed by atoms with Crippen LogP contribution in [0.15, 0.2) is 30.3 Å². The Morgan fingerprint density at radius 3 is 2.74 bits per heavy atom. The number of thiophene rings is 1. The zero-order valence-corrected chi connectivity index (χ0v) is 12.1. The zero-order valence-electron chi connectivity index (χ0n) is 9.75. The average molecular weight is 318 g/mol. The third-order valence-electron chi connectivity index (χ3n) is 2.46. The first-order chi connectivity index (χ1) is 9.06. The molecule has 0 saturated carbocycles. The molecule has 0 saturated heterocycles. The van der Waals surface area contributed by atoms with Crippen LogP contribution in [-0.4, -0.2) is 12.5 Å². The van der Waals surface area contributed by atoms with E-state index in [1.807, 2.05) is 6.07 Å². The fourth-order valence-corrected chi connectivity index (χ4v) is 2.81. The van der Waals surface area contributed by atoms with Crippen molar-refractivity contribution >= 4 is 40.4 Å². The molecule has 0 radical (unpaired) electrons. The summed E-state index contributed by atoms with van der Waals surface area (Å²) in [6.45, 7) is 0.418. The van der Waals surface area contributed by atoms with E-state index in [-0.39, 0.29) is 5.56 Å². The number of rotatable bonds is 4. The third-order valence-corrected chi connectivity index (χ3v) is 3.98. The highest BCUT2D eigenvalue weighted by Gasteiger charge is 2.11. The maximum Gasteiger partial charge on any atom is 0.254 e.